The Kier molecular flexibility index (Phi) is 8.43. The topological polar surface area (TPSA) is 91.4 Å². The summed E-state index contributed by atoms with van der Waals surface area (Å²) >= 11 is 0. The van der Waals surface area contributed by atoms with Gasteiger partial charge in [0, 0.05) is 37.8 Å². The average Bonchev–Trinajstić information content (AvgIpc) is 3.19. The number of alkyl halides is 3. The van der Waals surface area contributed by atoms with Crippen LogP contribution >= 0.6 is 0 Å². The minimum absolute atomic E-state index is 0.0547. The van der Waals surface area contributed by atoms with Crippen LogP contribution in [0.3, 0.4) is 0 Å². The van der Waals surface area contributed by atoms with Gasteiger partial charge < -0.3 is 25.6 Å². The first kappa shape index (κ1) is 29.8. The normalized spacial score (nSPS) is 17.2. The van der Waals surface area contributed by atoms with Crippen LogP contribution in [-0.2, 0) is 27.7 Å². The molecule has 3 heterocycles. The number of carbonyl (C=O) groups excluding carboxylic acids is 1. The number of likely N-dealkylation sites (tertiary alicyclic amines) is 1. The highest BCUT2D eigenvalue weighted by atomic mass is 19.4. The fourth-order valence-electron chi connectivity index (χ4n) is 5.86. The number of rotatable bonds is 9. The van der Waals surface area contributed by atoms with E-state index >= 15 is 0 Å². The van der Waals surface area contributed by atoms with E-state index in [1.165, 1.54) is 5.56 Å². The molecular formula is C31H37F3N6O2. The molecule has 3 N–H and O–H groups in total. The van der Waals surface area contributed by atoms with Crippen molar-refractivity contribution in [2.24, 2.45) is 0 Å². The Hall–Kier alpha value is -3.70. The van der Waals surface area contributed by atoms with Crippen molar-refractivity contribution in [3.63, 3.8) is 0 Å². The van der Waals surface area contributed by atoms with E-state index in [-0.39, 0.29) is 24.2 Å². The van der Waals surface area contributed by atoms with Crippen LogP contribution in [0.4, 0.5) is 36.3 Å². The number of ether oxygens (including phenoxy) is 1. The highest BCUT2D eigenvalue weighted by Crippen LogP contribution is 2.40. The minimum atomic E-state index is -4.65. The Balaban J connectivity index is 1.32. The minimum Gasteiger partial charge on any atom is -0.383 e. The second-order valence-electron chi connectivity index (χ2n) is 11.5. The van der Waals surface area contributed by atoms with Gasteiger partial charge in [0.2, 0.25) is 11.9 Å². The van der Waals surface area contributed by atoms with Crippen molar-refractivity contribution < 1.29 is 22.7 Å². The molecule has 2 aromatic carbocycles. The zero-order chi connectivity index (χ0) is 30.1. The Bertz CT molecular complexity index is 1450. The average molecular weight is 583 g/mol. The molecular weight excluding hydrogens is 545 g/mol. The molecule has 2 aliphatic heterocycles. The molecule has 224 valence electrons. The van der Waals surface area contributed by atoms with Gasteiger partial charge in [0.05, 0.1) is 12.0 Å². The van der Waals surface area contributed by atoms with E-state index in [9.17, 15) is 18.0 Å². The Labute approximate surface area is 244 Å². The van der Waals surface area contributed by atoms with Crippen molar-refractivity contribution in [2.75, 3.05) is 49.3 Å². The highest BCUT2D eigenvalue weighted by molar-refractivity contribution is 6.06. The first-order valence-corrected chi connectivity index (χ1v) is 14.2. The number of anilines is 4. The number of aryl methyl sites for hydroxylation is 1. The summed E-state index contributed by atoms with van der Waals surface area (Å²) < 4.78 is 46.9. The number of nitrogens with one attached hydrogen (secondary N) is 3. The second-order valence-corrected chi connectivity index (χ2v) is 11.5. The third-order valence-corrected chi connectivity index (χ3v) is 8.30. The quantitative estimate of drug-likeness (QED) is 0.276. The maximum atomic E-state index is 13.9. The molecule has 0 unspecified atom stereocenters. The molecule has 0 atom stereocenters. The monoisotopic (exact) mass is 582 g/mol. The van der Waals surface area contributed by atoms with E-state index < -0.39 is 17.2 Å². The molecule has 42 heavy (non-hydrogen) atoms. The fraction of sp³-hybridized carbons (Fsp3) is 0.452. The van der Waals surface area contributed by atoms with E-state index in [1.807, 2.05) is 13.0 Å². The lowest BCUT2D eigenvalue weighted by molar-refractivity contribution is -0.137. The van der Waals surface area contributed by atoms with Gasteiger partial charge in [0.25, 0.3) is 0 Å². The number of piperidine rings is 1. The Morgan fingerprint density at radius 2 is 1.93 bits per heavy atom. The molecule has 1 saturated heterocycles. The number of benzene rings is 2. The number of methoxy groups -OCH3 is 1. The fourth-order valence-corrected chi connectivity index (χ4v) is 5.86. The van der Waals surface area contributed by atoms with Crippen molar-refractivity contribution in [3.8, 4) is 0 Å². The van der Waals surface area contributed by atoms with Gasteiger partial charge in [-0.3, -0.25) is 4.79 Å². The molecule has 1 fully saturated rings. The lowest BCUT2D eigenvalue weighted by Crippen LogP contribution is -2.35. The van der Waals surface area contributed by atoms with Crippen LogP contribution < -0.4 is 16.0 Å². The lowest BCUT2D eigenvalue weighted by atomic mass is 9.83. The molecule has 0 saturated carbocycles. The summed E-state index contributed by atoms with van der Waals surface area (Å²) in [7, 11) is 1.72. The van der Waals surface area contributed by atoms with E-state index in [1.54, 1.807) is 39.2 Å². The third-order valence-electron chi connectivity index (χ3n) is 8.30. The number of hydrogen-bond acceptors (Lipinski definition) is 7. The molecule has 0 bridgehead atoms. The van der Waals surface area contributed by atoms with Crippen LogP contribution in [-0.4, -0.2) is 54.1 Å². The summed E-state index contributed by atoms with van der Waals surface area (Å²) in [6, 6.07) is 11.5. The first-order chi connectivity index (χ1) is 20.0. The molecule has 0 spiro atoms. The van der Waals surface area contributed by atoms with Crippen LogP contribution in [0, 0.1) is 6.92 Å². The summed E-state index contributed by atoms with van der Waals surface area (Å²) in [5, 5.41) is 8.82. The Morgan fingerprint density at radius 1 is 1.17 bits per heavy atom. The number of amides is 1. The predicted octanol–water partition coefficient (Wildman–Crippen LogP) is 6.22. The van der Waals surface area contributed by atoms with Crippen LogP contribution in [0.15, 0.2) is 42.6 Å². The molecule has 2 aliphatic rings. The number of hydrogen-bond donors (Lipinski definition) is 3. The lowest BCUT2D eigenvalue weighted by Gasteiger charge is -2.32. The molecule has 0 radical (unpaired) electrons. The molecule has 5 rings (SSSR count). The highest BCUT2D eigenvalue weighted by Gasteiger charge is 2.40. The summed E-state index contributed by atoms with van der Waals surface area (Å²) in [6.45, 7) is 9.34. The number of aromatic nitrogens is 2. The molecule has 11 heteroatoms. The summed E-state index contributed by atoms with van der Waals surface area (Å²) in [4.78, 5) is 23.1. The van der Waals surface area contributed by atoms with Crippen molar-refractivity contribution in [1.82, 2.24) is 14.9 Å². The number of nitrogens with zero attached hydrogens (tertiary/aromatic N) is 3. The second kappa shape index (κ2) is 11.9. The van der Waals surface area contributed by atoms with Crippen molar-refractivity contribution in [3.05, 3.63) is 70.4 Å². The molecule has 8 nitrogen and oxygen atoms in total. The zero-order valence-corrected chi connectivity index (χ0v) is 24.4. The number of fused-ring (bicyclic) bond motifs is 1. The maximum absolute atomic E-state index is 13.9. The molecule has 0 aliphatic carbocycles. The Morgan fingerprint density at radius 3 is 2.62 bits per heavy atom. The van der Waals surface area contributed by atoms with Gasteiger partial charge in [-0.2, -0.15) is 18.2 Å². The predicted molar refractivity (Wildman–Crippen MR) is 157 cm³/mol. The zero-order valence-electron chi connectivity index (χ0n) is 24.4. The molecule has 3 aromatic rings. The number of carbonyl (C=O) groups is 1. The SMILES string of the molecule is COCCN1CCC(c2ccc(Nc3ncc(C(F)(F)F)c(NCc4cccc5c4C(C)(C)C(=O)N5)n3)c(C)c2)CC1. The van der Waals surface area contributed by atoms with Crippen molar-refractivity contribution in [2.45, 2.75) is 57.7 Å². The van der Waals surface area contributed by atoms with Gasteiger partial charge in [0.15, 0.2) is 0 Å². The largest absolute Gasteiger partial charge is 0.421 e. The summed E-state index contributed by atoms with van der Waals surface area (Å²) in [6.07, 6.45) is -1.71. The van der Waals surface area contributed by atoms with E-state index in [0.717, 1.165) is 62.1 Å². The van der Waals surface area contributed by atoms with Crippen LogP contribution in [0.2, 0.25) is 0 Å². The van der Waals surface area contributed by atoms with Gasteiger partial charge in [0.1, 0.15) is 11.4 Å². The van der Waals surface area contributed by atoms with Gasteiger partial charge in [-0.05, 0) is 87.0 Å². The molecule has 1 aromatic heterocycles. The van der Waals surface area contributed by atoms with Gasteiger partial charge in [-0.25, -0.2) is 4.98 Å². The number of halogens is 3. The maximum Gasteiger partial charge on any atom is 0.421 e. The van der Waals surface area contributed by atoms with Gasteiger partial charge in [-0.1, -0.05) is 24.3 Å². The standard InChI is InChI=1S/C31H37F3N6O2/c1-19-16-21(20-10-12-40(13-11-20)14-15-42-4)8-9-24(19)38-29-36-18-23(31(32,33)34)27(39-29)35-17-22-6-5-7-25-26(22)30(2,3)28(41)37-25/h5-9,16,18,20H,10-15,17H2,1-4H3,(H,37,41)(H2,35,36,38,39). The van der Waals surface area contributed by atoms with Crippen molar-refractivity contribution in [1.29, 1.82) is 0 Å². The van der Waals surface area contributed by atoms with E-state index in [0.29, 0.717) is 17.2 Å². The van der Waals surface area contributed by atoms with Crippen LogP contribution in [0.5, 0.6) is 0 Å². The summed E-state index contributed by atoms with van der Waals surface area (Å²) in [5.41, 5.74) is 3.34. The van der Waals surface area contributed by atoms with Crippen LogP contribution in [0.1, 0.15) is 60.4 Å². The van der Waals surface area contributed by atoms with E-state index in [4.69, 9.17) is 4.74 Å². The first-order valence-electron chi connectivity index (χ1n) is 14.2. The van der Waals surface area contributed by atoms with Crippen molar-refractivity contribution >= 4 is 29.0 Å². The molecule has 1 amide bonds. The smallest absolute Gasteiger partial charge is 0.383 e. The van der Waals surface area contributed by atoms with Gasteiger partial charge in [-0.15, -0.1) is 0 Å². The van der Waals surface area contributed by atoms with E-state index in [2.05, 4.69) is 43.0 Å². The third kappa shape index (κ3) is 6.22. The van der Waals surface area contributed by atoms with Crippen LogP contribution in [0.25, 0.3) is 0 Å². The summed E-state index contributed by atoms with van der Waals surface area (Å²) in [5.74, 6) is 0.0402. The van der Waals surface area contributed by atoms with Gasteiger partial charge >= 0.3 is 6.18 Å².